The van der Waals surface area contributed by atoms with Crippen molar-refractivity contribution in [2.75, 3.05) is 6.61 Å². The molecule has 1 aliphatic rings. The minimum Gasteiger partial charge on any atom is -0.394 e. The highest BCUT2D eigenvalue weighted by atomic mass is 32.1. The fraction of sp³-hybridized carbons (Fsp3) is 1.00. The van der Waals surface area contributed by atoms with Crippen molar-refractivity contribution >= 4 is 12.6 Å². The molecule has 1 rings (SSSR count). The molecule has 1 fully saturated rings. The lowest BCUT2D eigenvalue weighted by molar-refractivity contribution is -0.234. The summed E-state index contributed by atoms with van der Waals surface area (Å²) in [7, 11) is 0. The largest absolute Gasteiger partial charge is 0.394 e. The van der Waals surface area contributed by atoms with Gasteiger partial charge >= 0.3 is 0 Å². The zero-order valence-corrected chi connectivity index (χ0v) is 7.13. The molecule has 0 aromatic carbocycles. The fourth-order valence-corrected chi connectivity index (χ4v) is 1.33. The molecule has 0 bridgehead atoms. The van der Waals surface area contributed by atoms with Gasteiger partial charge < -0.3 is 25.2 Å². The number of aliphatic hydroxyl groups excluding tert-OH is 4. The number of rotatable bonds is 1. The van der Waals surface area contributed by atoms with Gasteiger partial charge in [0.2, 0.25) is 0 Å². The van der Waals surface area contributed by atoms with E-state index in [0.29, 0.717) is 0 Å². The summed E-state index contributed by atoms with van der Waals surface area (Å²) in [6, 6.07) is 0. The molecule has 2 unspecified atom stereocenters. The molecule has 0 saturated carbocycles. The summed E-state index contributed by atoms with van der Waals surface area (Å²) in [5.74, 6) is 0. The Balaban J connectivity index is 2.63. The highest BCUT2D eigenvalue weighted by Gasteiger charge is 2.41. The van der Waals surface area contributed by atoms with Crippen LogP contribution in [0, 0.1) is 0 Å². The second-order valence-electron chi connectivity index (χ2n) is 2.72. The van der Waals surface area contributed by atoms with Crippen molar-refractivity contribution in [2.24, 2.45) is 0 Å². The molecule has 1 saturated heterocycles. The Bertz CT molecular complexity index is 150. The quantitative estimate of drug-likeness (QED) is 0.305. The monoisotopic (exact) mass is 196 g/mol. The molecule has 5 nitrogen and oxygen atoms in total. The van der Waals surface area contributed by atoms with Crippen molar-refractivity contribution in [1.29, 1.82) is 0 Å². The summed E-state index contributed by atoms with van der Waals surface area (Å²) in [6.07, 6.45) is -4.60. The van der Waals surface area contributed by atoms with Gasteiger partial charge in [0.25, 0.3) is 0 Å². The van der Waals surface area contributed by atoms with Crippen LogP contribution in [0.5, 0.6) is 0 Å². The first-order valence-electron chi connectivity index (χ1n) is 3.56. The van der Waals surface area contributed by atoms with Crippen molar-refractivity contribution in [3.63, 3.8) is 0 Å². The Morgan fingerprint density at radius 3 is 2.25 bits per heavy atom. The van der Waals surface area contributed by atoms with Crippen LogP contribution in [0.2, 0.25) is 0 Å². The minimum absolute atomic E-state index is 0.449. The molecule has 1 heterocycles. The second kappa shape index (κ2) is 3.91. The molecule has 0 amide bonds. The second-order valence-corrected chi connectivity index (χ2v) is 3.32. The Morgan fingerprint density at radius 2 is 1.75 bits per heavy atom. The molecule has 5 atom stereocenters. The highest BCUT2D eigenvalue weighted by molar-refractivity contribution is 7.81. The van der Waals surface area contributed by atoms with Crippen molar-refractivity contribution < 1.29 is 25.2 Å². The van der Waals surface area contributed by atoms with Crippen LogP contribution in [0.3, 0.4) is 0 Å². The van der Waals surface area contributed by atoms with E-state index in [0.717, 1.165) is 0 Å². The molecular weight excluding hydrogens is 184 g/mol. The van der Waals surface area contributed by atoms with E-state index in [1.807, 2.05) is 0 Å². The van der Waals surface area contributed by atoms with E-state index >= 15 is 0 Å². The minimum atomic E-state index is -1.26. The van der Waals surface area contributed by atoms with Crippen LogP contribution in [0.15, 0.2) is 0 Å². The van der Waals surface area contributed by atoms with Gasteiger partial charge in [-0.05, 0) is 0 Å². The van der Waals surface area contributed by atoms with Gasteiger partial charge in [-0.15, -0.1) is 0 Å². The predicted octanol–water partition coefficient (Wildman–Crippen LogP) is -2.28. The van der Waals surface area contributed by atoms with Crippen molar-refractivity contribution in [3.05, 3.63) is 0 Å². The van der Waals surface area contributed by atoms with Crippen LogP contribution in [0.1, 0.15) is 0 Å². The summed E-state index contributed by atoms with van der Waals surface area (Å²) < 4.78 is 4.75. The molecule has 72 valence electrons. The topological polar surface area (TPSA) is 90.2 Å². The van der Waals surface area contributed by atoms with E-state index in [9.17, 15) is 10.2 Å². The third-order valence-electron chi connectivity index (χ3n) is 1.87. The van der Waals surface area contributed by atoms with Gasteiger partial charge in [-0.2, -0.15) is 12.6 Å². The third-order valence-corrected chi connectivity index (χ3v) is 2.43. The average Bonchev–Trinajstić information content (AvgIpc) is 2.08. The van der Waals surface area contributed by atoms with Gasteiger partial charge in [0.15, 0.2) is 6.29 Å². The van der Waals surface area contributed by atoms with Gasteiger partial charge in [0.05, 0.1) is 18.0 Å². The number of hydrogen-bond acceptors (Lipinski definition) is 6. The molecule has 0 aromatic rings. The lowest BCUT2D eigenvalue weighted by Crippen LogP contribution is -2.56. The predicted molar refractivity (Wildman–Crippen MR) is 42.8 cm³/mol. The lowest BCUT2D eigenvalue weighted by Gasteiger charge is -2.37. The van der Waals surface area contributed by atoms with Gasteiger partial charge in [0.1, 0.15) is 12.2 Å². The number of hydrogen-bond donors (Lipinski definition) is 5. The van der Waals surface area contributed by atoms with Gasteiger partial charge in [0, 0.05) is 0 Å². The summed E-state index contributed by atoms with van der Waals surface area (Å²) in [6.45, 7) is -0.449. The Kier molecular flexibility index (Phi) is 3.33. The van der Waals surface area contributed by atoms with Crippen LogP contribution in [-0.4, -0.2) is 56.9 Å². The molecule has 4 N–H and O–H groups in total. The maximum Gasteiger partial charge on any atom is 0.169 e. The van der Waals surface area contributed by atoms with E-state index in [1.54, 1.807) is 0 Å². The first-order valence-corrected chi connectivity index (χ1v) is 4.08. The van der Waals surface area contributed by atoms with Gasteiger partial charge in [-0.1, -0.05) is 0 Å². The molecule has 0 radical (unpaired) electrons. The first-order chi connectivity index (χ1) is 5.57. The van der Waals surface area contributed by atoms with Crippen molar-refractivity contribution in [2.45, 2.75) is 29.9 Å². The zero-order chi connectivity index (χ0) is 9.30. The molecule has 6 heteroatoms. The number of aliphatic hydroxyl groups is 4. The van der Waals surface area contributed by atoms with E-state index in [1.165, 1.54) is 0 Å². The summed E-state index contributed by atoms with van der Waals surface area (Å²) in [5, 5.41) is 35.4. The Morgan fingerprint density at radius 1 is 1.17 bits per heavy atom. The third kappa shape index (κ3) is 1.73. The number of thiol groups is 1. The van der Waals surface area contributed by atoms with Crippen LogP contribution in [0.25, 0.3) is 0 Å². The SMILES string of the molecule is OCC1O[C@@H](O)C(S)[C@@H](O)[C@@H]1O. The Hall–Kier alpha value is 0.150. The van der Waals surface area contributed by atoms with Crippen LogP contribution in [0.4, 0.5) is 0 Å². The highest BCUT2D eigenvalue weighted by Crippen LogP contribution is 2.22. The number of ether oxygens (including phenoxy) is 1. The summed E-state index contributed by atoms with van der Waals surface area (Å²) >= 11 is 3.82. The molecule has 0 aromatic heterocycles. The lowest BCUT2D eigenvalue weighted by atomic mass is 10.0. The van der Waals surface area contributed by atoms with Crippen LogP contribution < -0.4 is 0 Å². The van der Waals surface area contributed by atoms with Gasteiger partial charge in [-0.25, -0.2) is 0 Å². The molecule has 12 heavy (non-hydrogen) atoms. The normalized spacial score (nSPS) is 49.2. The summed E-state index contributed by atoms with van der Waals surface area (Å²) in [4.78, 5) is 0. The van der Waals surface area contributed by atoms with Gasteiger partial charge in [-0.3, -0.25) is 0 Å². The van der Waals surface area contributed by atoms with E-state index in [4.69, 9.17) is 14.9 Å². The van der Waals surface area contributed by atoms with Crippen molar-refractivity contribution in [1.82, 2.24) is 0 Å². The fourth-order valence-electron chi connectivity index (χ4n) is 1.08. The molecule has 0 spiro atoms. The smallest absolute Gasteiger partial charge is 0.169 e. The maximum absolute atomic E-state index is 9.24. The molecular formula is C6H12O5S. The van der Waals surface area contributed by atoms with Crippen molar-refractivity contribution in [3.8, 4) is 0 Å². The standard InChI is InChI=1S/C6H12O5S/c7-1-2-3(8)4(9)5(12)6(10)11-2/h2-10,12H,1H2/t2?,3-,4+,5?,6-/m1/s1. The van der Waals surface area contributed by atoms with Crippen LogP contribution >= 0.6 is 12.6 Å². The average molecular weight is 196 g/mol. The molecule has 0 aliphatic carbocycles. The van der Waals surface area contributed by atoms with E-state index < -0.39 is 36.5 Å². The van der Waals surface area contributed by atoms with E-state index in [2.05, 4.69) is 12.6 Å². The zero-order valence-electron chi connectivity index (χ0n) is 6.24. The summed E-state index contributed by atoms with van der Waals surface area (Å²) in [5.41, 5.74) is 0. The van der Waals surface area contributed by atoms with Crippen LogP contribution in [-0.2, 0) is 4.74 Å². The Labute approximate surface area is 75.0 Å². The molecule has 1 aliphatic heterocycles. The first kappa shape index (κ1) is 10.2. The maximum atomic E-state index is 9.24. The van der Waals surface area contributed by atoms with E-state index in [-0.39, 0.29) is 0 Å².